The molecule has 2 unspecified atom stereocenters. The highest BCUT2D eigenvalue weighted by Crippen LogP contribution is 2.56. The number of benzene rings is 7. The summed E-state index contributed by atoms with van der Waals surface area (Å²) in [7, 11) is 0. The Balaban J connectivity index is 1.05. The third-order valence-electron chi connectivity index (χ3n) is 12.8. The van der Waals surface area contributed by atoms with Crippen LogP contribution in [0.5, 0.6) is 5.75 Å². The van der Waals surface area contributed by atoms with Crippen molar-refractivity contribution in [2.24, 2.45) is 0 Å². The first kappa shape index (κ1) is 35.4. The zero-order valence-electron chi connectivity index (χ0n) is 33.9. The average Bonchev–Trinajstić information content (AvgIpc) is 3.65. The van der Waals surface area contributed by atoms with Gasteiger partial charge in [0, 0.05) is 51.3 Å². The predicted molar refractivity (Wildman–Crippen MR) is 249 cm³/mol. The maximum Gasteiger partial charge on any atom is 0.164 e. The fraction of sp³-hybridized carbons (Fsp3) is 0.107. The van der Waals surface area contributed by atoms with E-state index in [9.17, 15) is 0 Å². The molecule has 0 spiro atoms. The first-order chi connectivity index (χ1) is 30.0. The SMILES string of the molecule is CC1CC=C(c2cccc(-c3nc(-c4ccccc4)nc(-c4ccccc4)n3)c2)c2c1nc(-c1ccc3c4ccccc4c4ccccc4c3c1)c1c2C2=CC=CCC2(C)O1. The summed E-state index contributed by atoms with van der Waals surface area (Å²) in [6, 6.07) is 53.3. The number of aromatic nitrogens is 4. The van der Waals surface area contributed by atoms with Crippen molar-refractivity contribution in [1.82, 2.24) is 19.9 Å². The van der Waals surface area contributed by atoms with Crippen molar-refractivity contribution in [3.05, 3.63) is 198 Å². The van der Waals surface area contributed by atoms with Crippen LogP contribution < -0.4 is 4.74 Å². The van der Waals surface area contributed by atoms with Crippen LogP contribution in [0.15, 0.2) is 176 Å². The highest BCUT2D eigenvalue weighted by atomic mass is 16.5. The van der Waals surface area contributed by atoms with Gasteiger partial charge in [0.1, 0.15) is 11.3 Å². The molecule has 3 aliphatic rings. The maximum absolute atomic E-state index is 7.21. The van der Waals surface area contributed by atoms with Gasteiger partial charge in [-0.05, 0) is 68.9 Å². The molecule has 0 N–H and O–H groups in total. The van der Waals surface area contributed by atoms with Crippen LogP contribution in [-0.4, -0.2) is 25.5 Å². The van der Waals surface area contributed by atoms with Gasteiger partial charge in [-0.15, -0.1) is 0 Å². The number of pyridine rings is 1. The van der Waals surface area contributed by atoms with Crippen molar-refractivity contribution >= 4 is 43.5 Å². The van der Waals surface area contributed by atoms with Crippen LogP contribution in [0, 0.1) is 0 Å². The second-order valence-electron chi connectivity index (χ2n) is 16.7. The second-order valence-corrected chi connectivity index (χ2v) is 16.7. The van der Waals surface area contributed by atoms with Crippen LogP contribution in [0.3, 0.4) is 0 Å². The monoisotopic (exact) mass is 784 g/mol. The van der Waals surface area contributed by atoms with E-state index in [1.165, 1.54) is 37.9 Å². The van der Waals surface area contributed by atoms with E-state index in [4.69, 9.17) is 24.7 Å². The van der Waals surface area contributed by atoms with E-state index in [0.717, 1.165) is 74.5 Å². The largest absolute Gasteiger partial charge is 0.480 e. The Bertz CT molecular complexity index is 3270. The van der Waals surface area contributed by atoms with Gasteiger partial charge in [-0.3, -0.25) is 0 Å². The van der Waals surface area contributed by atoms with Crippen molar-refractivity contribution in [1.29, 1.82) is 0 Å². The number of allylic oxidation sites excluding steroid dienone is 3. The van der Waals surface area contributed by atoms with E-state index in [2.05, 4.69) is 129 Å². The number of ether oxygens (including phenoxy) is 1. The Morgan fingerprint density at radius 3 is 1.74 bits per heavy atom. The summed E-state index contributed by atoms with van der Waals surface area (Å²) in [6.07, 6.45) is 10.7. The Morgan fingerprint density at radius 2 is 1.08 bits per heavy atom. The predicted octanol–water partition coefficient (Wildman–Crippen LogP) is 13.8. The molecule has 5 heteroatoms. The van der Waals surface area contributed by atoms with Crippen molar-refractivity contribution < 1.29 is 4.74 Å². The molecule has 3 heterocycles. The molecule has 0 saturated heterocycles. The zero-order valence-corrected chi connectivity index (χ0v) is 33.9. The van der Waals surface area contributed by atoms with Gasteiger partial charge in [0.25, 0.3) is 0 Å². The number of nitrogens with zero attached hydrogens (tertiary/aromatic N) is 4. The maximum atomic E-state index is 7.21. The smallest absolute Gasteiger partial charge is 0.164 e. The molecule has 2 atom stereocenters. The van der Waals surface area contributed by atoms with Gasteiger partial charge in [-0.1, -0.05) is 171 Å². The quantitative estimate of drug-likeness (QED) is 0.163. The van der Waals surface area contributed by atoms with Crippen LogP contribution in [0.4, 0.5) is 0 Å². The van der Waals surface area contributed by atoms with E-state index < -0.39 is 5.60 Å². The molecule has 12 rings (SSSR count). The highest BCUT2D eigenvalue weighted by molar-refractivity contribution is 6.25. The Kier molecular flexibility index (Phi) is 8.01. The van der Waals surface area contributed by atoms with Gasteiger partial charge in [0.2, 0.25) is 0 Å². The van der Waals surface area contributed by atoms with Crippen molar-refractivity contribution in [3.8, 4) is 51.2 Å². The summed E-state index contributed by atoms with van der Waals surface area (Å²) in [4.78, 5) is 20.8. The number of rotatable bonds is 5. The number of hydrogen-bond acceptors (Lipinski definition) is 5. The minimum atomic E-state index is -0.511. The molecule has 9 aromatic rings. The summed E-state index contributed by atoms with van der Waals surface area (Å²) in [5.41, 5.74) is 11.1. The zero-order chi connectivity index (χ0) is 40.7. The van der Waals surface area contributed by atoms with Gasteiger partial charge in [-0.2, -0.15) is 0 Å². The molecule has 0 fully saturated rings. The summed E-state index contributed by atoms with van der Waals surface area (Å²) < 4.78 is 7.21. The summed E-state index contributed by atoms with van der Waals surface area (Å²) in [5.74, 6) is 2.97. The standard InChI is InChI=1S/C56H40N4O/c1-34-27-29-40(37-20-15-21-39(32-37)55-59-53(35-16-5-3-6-17-35)58-54(60-55)36-18-7-4-8-19-36)48-49-47-26-13-14-31-56(47,2)61-52(49)51(57-50(34)48)38-28-30-45-43-24-10-9-22-41(43)42-23-11-12-25-44(42)46(45)33-38/h3-26,28-30,32-34H,27,31H2,1-2H3. The number of fused-ring (bicyclic) bond motifs is 11. The van der Waals surface area contributed by atoms with E-state index >= 15 is 0 Å². The molecular weight excluding hydrogens is 745 g/mol. The molecule has 0 radical (unpaired) electrons. The first-order valence-electron chi connectivity index (χ1n) is 21.2. The van der Waals surface area contributed by atoms with Crippen LogP contribution >= 0.6 is 0 Å². The lowest BCUT2D eigenvalue weighted by Gasteiger charge is -2.27. The van der Waals surface area contributed by atoms with E-state index in [-0.39, 0.29) is 5.92 Å². The third kappa shape index (κ3) is 5.68. The van der Waals surface area contributed by atoms with Crippen LogP contribution in [0.1, 0.15) is 55.0 Å². The molecule has 61 heavy (non-hydrogen) atoms. The molecule has 0 saturated carbocycles. The molecule has 7 aromatic carbocycles. The van der Waals surface area contributed by atoms with E-state index in [1.807, 2.05) is 60.7 Å². The fourth-order valence-corrected chi connectivity index (χ4v) is 9.77. The summed E-state index contributed by atoms with van der Waals surface area (Å²) in [6.45, 7) is 4.53. The Hall–Kier alpha value is -7.50. The molecule has 1 aliphatic heterocycles. The van der Waals surface area contributed by atoms with Gasteiger partial charge in [0.05, 0.1) is 5.69 Å². The van der Waals surface area contributed by atoms with Crippen molar-refractivity contribution in [2.75, 3.05) is 0 Å². The van der Waals surface area contributed by atoms with Crippen molar-refractivity contribution in [2.45, 2.75) is 38.2 Å². The molecule has 2 aromatic heterocycles. The molecule has 0 bridgehead atoms. The minimum absolute atomic E-state index is 0.202. The highest BCUT2D eigenvalue weighted by Gasteiger charge is 2.45. The lowest BCUT2D eigenvalue weighted by molar-refractivity contribution is 0.170. The Morgan fingerprint density at radius 1 is 0.525 bits per heavy atom. The first-order valence-corrected chi connectivity index (χ1v) is 21.2. The molecule has 290 valence electrons. The van der Waals surface area contributed by atoms with Gasteiger partial charge >= 0.3 is 0 Å². The normalized spacial score (nSPS) is 17.7. The van der Waals surface area contributed by atoms with Crippen molar-refractivity contribution in [3.63, 3.8) is 0 Å². The lowest BCUT2D eigenvalue weighted by atomic mass is 9.77. The molecule has 5 nitrogen and oxygen atoms in total. The third-order valence-corrected chi connectivity index (χ3v) is 12.8. The fourth-order valence-electron chi connectivity index (χ4n) is 9.77. The molecule has 0 amide bonds. The van der Waals surface area contributed by atoms with Gasteiger partial charge in [-0.25, -0.2) is 19.9 Å². The minimum Gasteiger partial charge on any atom is -0.480 e. The van der Waals surface area contributed by atoms with Crippen LogP contribution in [-0.2, 0) is 0 Å². The lowest BCUT2D eigenvalue weighted by Crippen LogP contribution is -2.29. The molecule has 2 aliphatic carbocycles. The molecular formula is C56H40N4O. The number of hydrogen-bond donors (Lipinski definition) is 0. The van der Waals surface area contributed by atoms with Gasteiger partial charge in [0.15, 0.2) is 23.2 Å². The Labute approximate surface area is 354 Å². The van der Waals surface area contributed by atoms with Crippen LogP contribution in [0.2, 0.25) is 0 Å². The topological polar surface area (TPSA) is 60.8 Å². The summed E-state index contributed by atoms with van der Waals surface area (Å²) in [5, 5.41) is 7.48. The van der Waals surface area contributed by atoms with E-state index in [0.29, 0.717) is 17.5 Å². The second kappa shape index (κ2) is 13.8. The van der Waals surface area contributed by atoms with Crippen LogP contribution in [0.25, 0.3) is 88.9 Å². The van der Waals surface area contributed by atoms with E-state index in [1.54, 1.807) is 0 Å². The summed E-state index contributed by atoms with van der Waals surface area (Å²) >= 11 is 0. The van der Waals surface area contributed by atoms with Gasteiger partial charge < -0.3 is 4.74 Å². The average molecular weight is 785 g/mol.